The van der Waals surface area contributed by atoms with Crippen LogP contribution in [0.4, 0.5) is 0 Å². The van der Waals surface area contributed by atoms with Crippen LogP contribution in [-0.4, -0.2) is 17.0 Å². The Labute approximate surface area is 82.8 Å². The molecule has 1 N–H and O–H groups in total. The molecule has 0 fully saturated rings. The molecular formula is C11H12N2O. The highest BCUT2D eigenvalue weighted by molar-refractivity contribution is 5.20. The third-order valence-corrected chi connectivity index (χ3v) is 1.80. The fraction of sp³-hybridized carbons (Fsp3) is 0.0909. The van der Waals surface area contributed by atoms with Crippen molar-refractivity contribution in [2.75, 3.05) is 0 Å². The maximum atomic E-state index is 8.00. The van der Waals surface area contributed by atoms with Crippen LogP contribution in [0.3, 0.4) is 0 Å². The van der Waals surface area contributed by atoms with E-state index in [1.54, 1.807) is 6.20 Å². The molecule has 1 heterocycles. The Hall–Kier alpha value is -1.90. The number of aromatic nitrogens is 2. The number of carbonyl (C=O) groups is 1. The molecule has 2 rings (SSSR count). The molecule has 0 aliphatic carbocycles. The van der Waals surface area contributed by atoms with Gasteiger partial charge in [-0.2, -0.15) is 5.10 Å². The molecule has 0 aliphatic rings. The van der Waals surface area contributed by atoms with Gasteiger partial charge < -0.3 is 4.79 Å². The second kappa shape index (κ2) is 5.70. The maximum Gasteiger partial charge on any atom is 0.106 e. The van der Waals surface area contributed by atoms with Crippen molar-refractivity contribution in [1.29, 1.82) is 0 Å². The summed E-state index contributed by atoms with van der Waals surface area (Å²) in [5, 5.41) is 6.83. The van der Waals surface area contributed by atoms with Crippen LogP contribution in [0, 0.1) is 0 Å². The van der Waals surface area contributed by atoms with E-state index in [2.05, 4.69) is 22.3 Å². The highest BCUT2D eigenvalue weighted by Gasteiger charge is 1.94. The van der Waals surface area contributed by atoms with Crippen molar-refractivity contribution >= 4 is 6.79 Å². The summed E-state index contributed by atoms with van der Waals surface area (Å²) in [5.41, 5.74) is 2.46. The predicted molar refractivity (Wildman–Crippen MR) is 55.0 cm³/mol. The third kappa shape index (κ3) is 2.86. The quantitative estimate of drug-likeness (QED) is 0.781. The Morgan fingerprint density at radius 2 is 1.86 bits per heavy atom. The van der Waals surface area contributed by atoms with Gasteiger partial charge in [0.25, 0.3) is 0 Å². The van der Waals surface area contributed by atoms with Crippen molar-refractivity contribution in [2.24, 2.45) is 0 Å². The summed E-state index contributed by atoms with van der Waals surface area (Å²) >= 11 is 0. The molecule has 0 unspecified atom stereocenters. The zero-order chi connectivity index (χ0) is 10.2. The van der Waals surface area contributed by atoms with Crippen molar-refractivity contribution < 1.29 is 4.79 Å². The number of H-pyrrole nitrogens is 1. The fourth-order valence-corrected chi connectivity index (χ4v) is 1.20. The molecule has 1 aromatic heterocycles. The first-order valence-corrected chi connectivity index (χ1v) is 4.26. The Kier molecular flexibility index (Phi) is 4.14. The summed E-state index contributed by atoms with van der Waals surface area (Å²) in [6.45, 7) is 2.00. The first-order chi connectivity index (χ1) is 6.95. The Balaban J connectivity index is 0.000000461. The average molecular weight is 188 g/mol. The van der Waals surface area contributed by atoms with E-state index in [-0.39, 0.29) is 0 Å². The minimum atomic E-state index is 0.931. The van der Waals surface area contributed by atoms with Crippen LogP contribution in [0.25, 0.3) is 0 Å². The van der Waals surface area contributed by atoms with Crippen molar-refractivity contribution in [1.82, 2.24) is 10.2 Å². The molecule has 0 radical (unpaired) electrons. The fourth-order valence-electron chi connectivity index (χ4n) is 1.20. The van der Waals surface area contributed by atoms with Gasteiger partial charge in [-0.25, -0.2) is 0 Å². The lowest BCUT2D eigenvalue weighted by atomic mass is 10.1. The molecule has 0 aliphatic heterocycles. The molecule has 0 saturated heterocycles. The summed E-state index contributed by atoms with van der Waals surface area (Å²) in [5.74, 6) is 0. The van der Waals surface area contributed by atoms with Gasteiger partial charge in [0, 0.05) is 18.3 Å². The largest absolute Gasteiger partial charge is 0.307 e. The van der Waals surface area contributed by atoms with Crippen molar-refractivity contribution in [3.8, 4) is 0 Å². The summed E-state index contributed by atoms with van der Waals surface area (Å²) in [4.78, 5) is 8.00. The number of nitrogens with zero attached hydrogens (tertiary/aromatic N) is 1. The van der Waals surface area contributed by atoms with Gasteiger partial charge in [0.05, 0.1) is 0 Å². The first-order valence-electron chi connectivity index (χ1n) is 4.26. The molecule has 0 amide bonds. The van der Waals surface area contributed by atoms with E-state index in [0.717, 1.165) is 12.1 Å². The molecule has 2 aromatic rings. The number of hydrogen-bond acceptors (Lipinski definition) is 2. The molecule has 14 heavy (non-hydrogen) atoms. The van der Waals surface area contributed by atoms with Crippen LogP contribution >= 0.6 is 0 Å². The first kappa shape index (κ1) is 10.2. The van der Waals surface area contributed by atoms with Gasteiger partial charge in [0.1, 0.15) is 6.79 Å². The van der Waals surface area contributed by atoms with E-state index in [0.29, 0.717) is 0 Å². The van der Waals surface area contributed by atoms with Crippen LogP contribution in [-0.2, 0) is 11.2 Å². The normalized spacial score (nSPS) is 8.86. The minimum absolute atomic E-state index is 0.931. The van der Waals surface area contributed by atoms with Gasteiger partial charge in [-0.05, 0) is 11.6 Å². The molecule has 0 bridgehead atoms. The van der Waals surface area contributed by atoms with Gasteiger partial charge >= 0.3 is 0 Å². The summed E-state index contributed by atoms with van der Waals surface area (Å²) in [6, 6.07) is 12.3. The average Bonchev–Trinajstić information content (AvgIpc) is 2.75. The summed E-state index contributed by atoms with van der Waals surface area (Å²) < 4.78 is 0. The number of nitrogens with one attached hydrogen (secondary N) is 1. The second-order valence-electron chi connectivity index (χ2n) is 2.74. The number of carbonyl (C=O) groups excluding carboxylic acids is 1. The van der Waals surface area contributed by atoms with Crippen LogP contribution in [0.5, 0.6) is 0 Å². The number of aromatic amines is 1. The van der Waals surface area contributed by atoms with E-state index >= 15 is 0 Å². The van der Waals surface area contributed by atoms with Crippen LogP contribution in [0.2, 0.25) is 0 Å². The summed E-state index contributed by atoms with van der Waals surface area (Å²) in [6.07, 6.45) is 2.71. The predicted octanol–water partition coefficient (Wildman–Crippen LogP) is 1.82. The highest BCUT2D eigenvalue weighted by atomic mass is 16.1. The molecule has 3 heteroatoms. The van der Waals surface area contributed by atoms with E-state index in [4.69, 9.17) is 4.79 Å². The molecule has 1 aromatic carbocycles. The molecular weight excluding hydrogens is 176 g/mol. The van der Waals surface area contributed by atoms with Crippen LogP contribution < -0.4 is 0 Å². The lowest BCUT2D eigenvalue weighted by Gasteiger charge is -1.96. The van der Waals surface area contributed by atoms with Gasteiger partial charge in [0.2, 0.25) is 0 Å². The zero-order valence-corrected chi connectivity index (χ0v) is 7.81. The minimum Gasteiger partial charge on any atom is -0.307 e. The SMILES string of the molecule is C=O.c1ccc(Cc2ccn[nH]2)cc1. The van der Waals surface area contributed by atoms with E-state index in [9.17, 15) is 0 Å². The number of hydrogen-bond donors (Lipinski definition) is 1. The lowest BCUT2D eigenvalue weighted by molar-refractivity contribution is -0.0979. The van der Waals surface area contributed by atoms with Crippen LogP contribution in [0.15, 0.2) is 42.6 Å². The van der Waals surface area contributed by atoms with Gasteiger partial charge in [-0.1, -0.05) is 30.3 Å². The number of benzene rings is 1. The number of rotatable bonds is 2. The maximum absolute atomic E-state index is 8.00. The van der Waals surface area contributed by atoms with Crippen molar-refractivity contribution in [3.63, 3.8) is 0 Å². The third-order valence-electron chi connectivity index (χ3n) is 1.80. The topological polar surface area (TPSA) is 45.8 Å². The highest BCUT2D eigenvalue weighted by Crippen LogP contribution is 2.04. The van der Waals surface area contributed by atoms with Crippen LogP contribution in [0.1, 0.15) is 11.3 Å². The van der Waals surface area contributed by atoms with E-state index in [1.807, 2.05) is 31.1 Å². The molecule has 72 valence electrons. The molecule has 3 nitrogen and oxygen atoms in total. The zero-order valence-electron chi connectivity index (χ0n) is 7.81. The Morgan fingerprint density at radius 1 is 1.14 bits per heavy atom. The van der Waals surface area contributed by atoms with Gasteiger partial charge in [-0.15, -0.1) is 0 Å². The van der Waals surface area contributed by atoms with Crippen molar-refractivity contribution in [3.05, 3.63) is 53.9 Å². The standard InChI is InChI=1S/C10H10N2.CH2O/c1-2-4-9(5-3-1)8-10-6-7-11-12-10;1-2/h1-7H,8H2,(H,11,12);1H2. The lowest BCUT2D eigenvalue weighted by Crippen LogP contribution is -1.86. The monoisotopic (exact) mass is 188 g/mol. The van der Waals surface area contributed by atoms with Gasteiger partial charge in [0.15, 0.2) is 0 Å². The van der Waals surface area contributed by atoms with E-state index in [1.165, 1.54) is 5.56 Å². The molecule has 0 spiro atoms. The van der Waals surface area contributed by atoms with Gasteiger partial charge in [-0.3, -0.25) is 5.10 Å². The Bertz CT molecular complexity index is 343. The van der Waals surface area contributed by atoms with E-state index < -0.39 is 0 Å². The molecule has 0 saturated carbocycles. The molecule has 0 atom stereocenters. The Morgan fingerprint density at radius 3 is 2.43 bits per heavy atom. The second-order valence-corrected chi connectivity index (χ2v) is 2.74. The summed E-state index contributed by atoms with van der Waals surface area (Å²) in [7, 11) is 0. The van der Waals surface area contributed by atoms with Crippen molar-refractivity contribution in [2.45, 2.75) is 6.42 Å². The smallest absolute Gasteiger partial charge is 0.106 e.